The van der Waals surface area contributed by atoms with Crippen molar-refractivity contribution in [3.05, 3.63) is 28.2 Å². The van der Waals surface area contributed by atoms with Crippen LogP contribution in [0.15, 0.2) is 22.7 Å². The van der Waals surface area contributed by atoms with Crippen LogP contribution in [0.5, 0.6) is 0 Å². The summed E-state index contributed by atoms with van der Waals surface area (Å²) in [5.74, 6) is 0.838. The number of anilines is 1. The normalized spacial score (nSPS) is 14.9. The fourth-order valence-corrected chi connectivity index (χ4v) is 2.64. The second-order valence-corrected chi connectivity index (χ2v) is 6.57. The smallest absolute Gasteiger partial charge is 0.106 e. The Hall–Kier alpha value is -0.610. The van der Waals surface area contributed by atoms with Gasteiger partial charge in [0, 0.05) is 28.3 Å². The van der Waals surface area contributed by atoms with Crippen LogP contribution in [-0.4, -0.2) is 17.6 Å². The number of nitrogens with two attached hydrogens (primary N) is 1. The van der Waals surface area contributed by atoms with Crippen LogP contribution in [0.2, 0.25) is 0 Å². The number of hydrogen-bond acceptors (Lipinski definition) is 2. The van der Waals surface area contributed by atoms with Gasteiger partial charge in [-0.25, -0.2) is 0 Å². The molecule has 0 aliphatic heterocycles. The third kappa shape index (κ3) is 3.23. The largest absolute Gasteiger partial charge is 0.389 e. The Morgan fingerprint density at radius 1 is 1.50 bits per heavy atom. The van der Waals surface area contributed by atoms with Gasteiger partial charge in [-0.1, -0.05) is 28.1 Å². The van der Waals surface area contributed by atoms with E-state index in [2.05, 4.69) is 40.7 Å². The third-order valence-electron chi connectivity index (χ3n) is 3.31. The Labute approximate surface area is 123 Å². The van der Waals surface area contributed by atoms with Crippen molar-refractivity contribution in [3.63, 3.8) is 0 Å². The number of hydrogen-bond donors (Lipinski definition) is 1. The maximum Gasteiger partial charge on any atom is 0.106 e. The maximum atomic E-state index is 5.84. The highest BCUT2D eigenvalue weighted by Gasteiger charge is 2.27. The first-order valence-corrected chi connectivity index (χ1v) is 7.55. The van der Waals surface area contributed by atoms with Crippen LogP contribution >= 0.6 is 28.1 Å². The van der Waals surface area contributed by atoms with E-state index in [1.165, 1.54) is 12.8 Å². The second-order valence-electron chi connectivity index (χ2n) is 5.22. The summed E-state index contributed by atoms with van der Waals surface area (Å²) in [6.07, 6.45) is 2.69. The van der Waals surface area contributed by atoms with Gasteiger partial charge in [-0.3, -0.25) is 0 Å². The van der Waals surface area contributed by atoms with Gasteiger partial charge in [0.1, 0.15) is 4.99 Å². The zero-order chi connectivity index (χ0) is 13.3. The highest BCUT2D eigenvalue weighted by molar-refractivity contribution is 9.10. The Bertz CT molecular complexity index is 455. The maximum absolute atomic E-state index is 5.84. The molecular formula is C14H19BrN2S. The standard InChI is InChI=1S/C14H19BrN2S/c1-9(2)17(8-10-3-4-10)13-7-11(15)5-6-12(13)14(16)18/h5-7,9-10H,3-4,8H2,1-2H3,(H2,16,18). The number of nitrogens with zero attached hydrogens (tertiary/aromatic N) is 1. The lowest BCUT2D eigenvalue weighted by atomic mass is 10.1. The molecule has 0 spiro atoms. The van der Waals surface area contributed by atoms with Gasteiger partial charge in [0.15, 0.2) is 0 Å². The van der Waals surface area contributed by atoms with Crippen LogP contribution < -0.4 is 10.6 Å². The molecule has 0 saturated heterocycles. The van der Waals surface area contributed by atoms with Crippen LogP contribution in [-0.2, 0) is 0 Å². The van der Waals surface area contributed by atoms with Gasteiger partial charge in [-0.2, -0.15) is 0 Å². The van der Waals surface area contributed by atoms with Gasteiger partial charge in [-0.05, 0) is 50.8 Å². The Balaban J connectivity index is 2.37. The van der Waals surface area contributed by atoms with Crippen LogP contribution in [0.25, 0.3) is 0 Å². The SMILES string of the molecule is CC(C)N(CC1CC1)c1cc(Br)ccc1C(N)=S. The third-order valence-corrected chi connectivity index (χ3v) is 4.02. The zero-order valence-corrected chi connectivity index (χ0v) is 13.2. The van der Waals surface area contributed by atoms with Crippen molar-refractivity contribution < 1.29 is 0 Å². The molecule has 0 unspecified atom stereocenters. The molecule has 0 aromatic heterocycles. The molecule has 1 fully saturated rings. The predicted octanol–water partition coefficient (Wildman–Crippen LogP) is 3.71. The summed E-state index contributed by atoms with van der Waals surface area (Å²) in [5, 5.41) is 0. The molecule has 18 heavy (non-hydrogen) atoms. The summed E-state index contributed by atoms with van der Waals surface area (Å²) in [6.45, 7) is 5.53. The van der Waals surface area contributed by atoms with E-state index >= 15 is 0 Å². The Morgan fingerprint density at radius 2 is 2.17 bits per heavy atom. The number of thiocarbonyl (C=S) groups is 1. The van der Waals surface area contributed by atoms with Gasteiger partial charge >= 0.3 is 0 Å². The fourth-order valence-electron chi connectivity index (χ4n) is 2.12. The van der Waals surface area contributed by atoms with E-state index in [0.29, 0.717) is 11.0 Å². The first-order valence-electron chi connectivity index (χ1n) is 6.35. The van der Waals surface area contributed by atoms with Crippen molar-refractivity contribution in [1.29, 1.82) is 0 Å². The number of rotatable bonds is 5. The average Bonchev–Trinajstić information content (AvgIpc) is 3.08. The summed E-state index contributed by atoms with van der Waals surface area (Å²) in [4.78, 5) is 2.88. The van der Waals surface area contributed by atoms with Crippen LogP contribution in [0.1, 0.15) is 32.3 Å². The summed E-state index contributed by atoms with van der Waals surface area (Å²) >= 11 is 8.70. The van der Waals surface area contributed by atoms with Crippen LogP contribution in [0.4, 0.5) is 5.69 Å². The van der Waals surface area contributed by atoms with Gasteiger partial charge in [-0.15, -0.1) is 0 Å². The second kappa shape index (κ2) is 5.57. The van der Waals surface area contributed by atoms with Gasteiger partial charge in [0.25, 0.3) is 0 Å². The molecule has 1 aromatic carbocycles. The van der Waals surface area contributed by atoms with Crippen molar-refractivity contribution in [2.75, 3.05) is 11.4 Å². The van der Waals surface area contributed by atoms with E-state index < -0.39 is 0 Å². The average molecular weight is 327 g/mol. The molecule has 0 heterocycles. The molecule has 1 saturated carbocycles. The van der Waals surface area contributed by atoms with Crippen molar-refractivity contribution in [2.45, 2.75) is 32.7 Å². The van der Waals surface area contributed by atoms with E-state index in [9.17, 15) is 0 Å². The lowest BCUT2D eigenvalue weighted by Gasteiger charge is -2.31. The topological polar surface area (TPSA) is 29.3 Å². The molecule has 1 aliphatic carbocycles. The van der Waals surface area contributed by atoms with Gasteiger partial charge < -0.3 is 10.6 Å². The predicted molar refractivity (Wildman–Crippen MR) is 85.2 cm³/mol. The van der Waals surface area contributed by atoms with E-state index in [-0.39, 0.29) is 0 Å². The molecule has 1 aromatic rings. The first kappa shape index (κ1) is 13.8. The Kier molecular flexibility index (Phi) is 4.28. The number of halogens is 1. The highest BCUT2D eigenvalue weighted by Crippen LogP contribution is 2.34. The van der Waals surface area contributed by atoms with Crippen molar-refractivity contribution in [3.8, 4) is 0 Å². The molecule has 98 valence electrons. The van der Waals surface area contributed by atoms with Crippen molar-refractivity contribution in [1.82, 2.24) is 0 Å². The molecule has 2 rings (SSSR count). The first-order chi connectivity index (χ1) is 8.49. The summed E-state index contributed by atoms with van der Waals surface area (Å²) in [7, 11) is 0. The summed E-state index contributed by atoms with van der Waals surface area (Å²) in [6, 6.07) is 6.57. The minimum atomic E-state index is 0.452. The van der Waals surface area contributed by atoms with E-state index in [0.717, 1.165) is 28.2 Å². The molecule has 0 amide bonds. The molecule has 0 bridgehead atoms. The minimum absolute atomic E-state index is 0.452. The molecule has 2 N–H and O–H groups in total. The van der Waals surface area contributed by atoms with Gasteiger partial charge in [0.05, 0.1) is 0 Å². The summed E-state index contributed by atoms with van der Waals surface area (Å²) in [5.41, 5.74) is 7.96. The number of benzene rings is 1. The molecule has 1 aliphatic rings. The van der Waals surface area contributed by atoms with Crippen molar-refractivity contribution in [2.24, 2.45) is 11.7 Å². The van der Waals surface area contributed by atoms with E-state index in [1.54, 1.807) is 0 Å². The van der Waals surface area contributed by atoms with Crippen LogP contribution in [0.3, 0.4) is 0 Å². The van der Waals surface area contributed by atoms with E-state index in [1.807, 2.05) is 12.1 Å². The Morgan fingerprint density at radius 3 is 2.67 bits per heavy atom. The van der Waals surface area contributed by atoms with Gasteiger partial charge in [0.2, 0.25) is 0 Å². The minimum Gasteiger partial charge on any atom is -0.389 e. The molecule has 2 nitrogen and oxygen atoms in total. The lowest BCUT2D eigenvalue weighted by molar-refractivity contribution is 0.644. The zero-order valence-electron chi connectivity index (χ0n) is 10.8. The van der Waals surface area contributed by atoms with Crippen molar-refractivity contribution >= 4 is 38.8 Å². The monoisotopic (exact) mass is 326 g/mol. The lowest BCUT2D eigenvalue weighted by Crippen LogP contribution is -2.34. The van der Waals surface area contributed by atoms with Crippen LogP contribution in [0, 0.1) is 5.92 Å². The summed E-state index contributed by atoms with van der Waals surface area (Å²) < 4.78 is 1.07. The quantitative estimate of drug-likeness (QED) is 0.836. The molecular weight excluding hydrogens is 308 g/mol. The highest BCUT2D eigenvalue weighted by atomic mass is 79.9. The fraction of sp³-hybridized carbons (Fsp3) is 0.500. The van der Waals surface area contributed by atoms with E-state index in [4.69, 9.17) is 18.0 Å². The molecule has 0 radical (unpaired) electrons. The molecule has 4 heteroatoms. The molecule has 0 atom stereocenters.